The average molecular weight is 401 g/mol. The molecule has 20 heavy (non-hydrogen) atoms. The molecule has 0 radical (unpaired) electrons. The van der Waals surface area contributed by atoms with E-state index in [-0.39, 0.29) is 11.9 Å². The van der Waals surface area contributed by atoms with E-state index in [0.717, 1.165) is 20.2 Å². The second-order valence-corrected chi connectivity index (χ2v) is 6.74. The largest absolute Gasteiger partial charge is 0.377 e. The van der Waals surface area contributed by atoms with E-state index < -0.39 is 0 Å². The van der Waals surface area contributed by atoms with Gasteiger partial charge in [-0.2, -0.15) is 0 Å². The minimum absolute atomic E-state index is 0.120. The van der Waals surface area contributed by atoms with Gasteiger partial charge in [-0.05, 0) is 72.1 Å². The first-order valence-electron chi connectivity index (χ1n) is 6.36. The van der Waals surface area contributed by atoms with Crippen LogP contribution in [-0.2, 0) is 0 Å². The van der Waals surface area contributed by atoms with E-state index >= 15 is 0 Å². The van der Waals surface area contributed by atoms with Crippen molar-refractivity contribution in [1.82, 2.24) is 0 Å². The van der Waals surface area contributed by atoms with Crippen molar-refractivity contribution in [3.8, 4) is 0 Å². The minimum Gasteiger partial charge on any atom is -0.377 e. The molecule has 0 aliphatic carbocycles. The molecule has 2 aromatic rings. The Morgan fingerprint density at radius 3 is 2.45 bits per heavy atom. The number of aryl methyl sites for hydroxylation is 2. The number of hydrogen-bond acceptors (Lipinski definition) is 1. The van der Waals surface area contributed by atoms with Crippen molar-refractivity contribution in [1.29, 1.82) is 0 Å². The molecular weight excluding hydrogens is 385 g/mol. The quantitative estimate of drug-likeness (QED) is 0.652. The molecule has 0 saturated heterocycles. The lowest BCUT2D eigenvalue weighted by Crippen LogP contribution is -2.10. The fourth-order valence-corrected chi connectivity index (χ4v) is 3.41. The molecule has 1 atom stereocenters. The summed E-state index contributed by atoms with van der Waals surface area (Å²) in [4.78, 5) is 0. The SMILES string of the molecule is Cc1cc(C)c(NC(C)c2cc(Br)ccc2F)c(Br)c1. The number of anilines is 1. The summed E-state index contributed by atoms with van der Waals surface area (Å²) < 4.78 is 15.8. The van der Waals surface area contributed by atoms with Gasteiger partial charge in [0.2, 0.25) is 0 Å². The van der Waals surface area contributed by atoms with Crippen molar-refractivity contribution >= 4 is 37.5 Å². The molecule has 2 rings (SSSR count). The molecule has 0 aromatic heterocycles. The van der Waals surface area contributed by atoms with Gasteiger partial charge in [0.1, 0.15) is 5.82 Å². The molecular formula is C16H16Br2FN. The maximum Gasteiger partial charge on any atom is 0.128 e. The molecule has 1 nitrogen and oxygen atoms in total. The number of nitrogens with one attached hydrogen (secondary N) is 1. The van der Waals surface area contributed by atoms with Gasteiger partial charge in [-0.1, -0.05) is 22.0 Å². The van der Waals surface area contributed by atoms with Gasteiger partial charge in [0, 0.05) is 14.5 Å². The summed E-state index contributed by atoms with van der Waals surface area (Å²) in [6.07, 6.45) is 0. The summed E-state index contributed by atoms with van der Waals surface area (Å²) in [5, 5.41) is 3.38. The molecule has 0 bridgehead atoms. The lowest BCUT2D eigenvalue weighted by atomic mass is 10.1. The van der Waals surface area contributed by atoms with Gasteiger partial charge in [0.15, 0.2) is 0 Å². The Kier molecular flexibility index (Phi) is 4.86. The molecule has 106 valence electrons. The Morgan fingerprint density at radius 1 is 1.10 bits per heavy atom. The highest BCUT2D eigenvalue weighted by Crippen LogP contribution is 2.32. The van der Waals surface area contributed by atoms with Crippen LogP contribution in [-0.4, -0.2) is 0 Å². The zero-order valence-electron chi connectivity index (χ0n) is 11.6. The zero-order valence-corrected chi connectivity index (χ0v) is 14.8. The summed E-state index contributed by atoms with van der Waals surface area (Å²) in [6, 6.07) is 9.04. The van der Waals surface area contributed by atoms with Crippen molar-refractivity contribution in [2.24, 2.45) is 0 Å². The Labute approximate surface area is 135 Å². The van der Waals surface area contributed by atoms with Crippen molar-refractivity contribution in [2.45, 2.75) is 26.8 Å². The summed E-state index contributed by atoms with van der Waals surface area (Å²) in [5.41, 5.74) is 3.98. The molecule has 1 unspecified atom stereocenters. The second kappa shape index (κ2) is 6.27. The van der Waals surface area contributed by atoms with Crippen LogP contribution in [0.15, 0.2) is 39.3 Å². The van der Waals surface area contributed by atoms with Gasteiger partial charge in [-0.3, -0.25) is 0 Å². The van der Waals surface area contributed by atoms with Crippen LogP contribution in [0.3, 0.4) is 0 Å². The second-order valence-electron chi connectivity index (χ2n) is 4.97. The van der Waals surface area contributed by atoms with E-state index in [9.17, 15) is 4.39 Å². The van der Waals surface area contributed by atoms with Crippen molar-refractivity contribution in [2.75, 3.05) is 5.32 Å². The van der Waals surface area contributed by atoms with Crippen molar-refractivity contribution in [3.05, 3.63) is 61.8 Å². The van der Waals surface area contributed by atoms with Crippen molar-refractivity contribution < 1.29 is 4.39 Å². The Balaban J connectivity index is 2.32. The first-order valence-corrected chi connectivity index (χ1v) is 7.95. The van der Waals surface area contributed by atoms with E-state index in [0.29, 0.717) is 5.56 Å². The number of halogens is 3. The van der Waals surface area contributed by atoms with E-state index in [1.54, 1.807) is 6.07 Å². The molecule has 0 fully saturated rings. The summed E-state index contributed by atoms with van der Waals surface area (Å²) >= 11 is 6.95. The molecule has 0 spiro atoms. The van der Waals surface area contributed by atoms with Gasteiger partial charge in [-0.15, -0.1) is 0 Å². The molecule has 0 saturated carbocycles. The molecule has 0 aliphatic heterocycles. The predicted octanol–water partition coefficient (Wildman–Crippen LogP) is 6.14. The predicted molar refractivity (Wildman–Crippen MR) is 89.8 cm³/mol. The van der Waals surface area contributed by atoms with Crippen molar-refractivity contribution in [3.63, 3.8) is 0 Å². The van der Waals surface area contributed by atoms with Crippen LogP contribution in [0.1, 0.15) is 29.7 Å². The Hall–Kier alpha value is -0.870. The molecule has 0 aliphatic rings. The fraction of sp³-hybridized carbons (Fsp3) is 0.250. The Morgan fingerprint density at radius 2 is 1.80 bits per heavy atom. The summed E-state index contributed by atoms with van der Waals surface area (Å²) in [6.45, 7) is 6.06. The minimum atomic E-state index is -0.200. The van der Waals surface area contributed by atoms with Gasteiger partial charge in [-0.25, -0.2) is 4.39 Å². The highest BCUT2D eigenvalue weighted by molar-refractivity contribution is 9.10. The molecule has 1 N–H and O–H groups in total. The highest BCUT2D eigenvalue weighted by Gasteiger charge is 2.14. The maximum absolute atomic E-state index is 13.9. The molecule has 4 heteroatoms. The third kappa shape index (κ3) is 3.41. The number of benzene rings is 2. The molecule has 2 aromatic carbocycles. The van der Waals surface area contributed by atoms with Crippen LogP contribution in [0.4, 0.5) is 10.1 Å². The van der Waals surface area contributed by atoms with Crippen LogP contribution in [0.25, 0.3) is 0 Å². The smallest absolute Gasteiger partial charge is 0.128 e. The zero-order chi connectivity index (χ0) is 14.9. The lowest BCUT2D eigenvalue weighted by molar-refractivity contribution is 0.600. The lowest BCUT2D eigenvalue weighted by Gasteiger charge is -2.20. The van der Waals surface area contributed by atoms with Gasteiger partial charge in [0.05, 0.1) is 11.7 Å². The monoisotopic (exact) mass is 399 g/mol. The number of rotatable bonds is 3. The topological polar surface area (TPSA) is 12.0 Å². The van der Waals surface area contributed by atoms with E-state index in [4.69, 9.17) is 0 Å². The van der Waals surface area contributed by atoms with E-state index in [1.807, 2.05) is 19.9 Å². The van der Waals surface area contributed by atoms with Crippen LogP contribution >= 0.6 is 31.9 Å². The fourth-order valence-electron chi connectivity index (χ4n) is 2.24. The summed E-state index contributed by atoms with van der Waals surface area (Å²) in [5.74, 6) is -0.200. The third-order valence-electron chi connectivity index (χ3n) is 3.22. The Bertz CT molecular complexity index is 617. The van der Waals surface area contributed by atoms with Gasteiger partial charge >= 0.3 is 0 Å². The average Bonchev–Trinajstić information content (AvgIpc) is 2.36. The number of hydrogen-bond donors (Lipinski definition) is 1. The third-order valence-corrected chi connectivity index (χ3v) is 4.34. The first kappa shape index (κ1) is 15.5. The van der Waals surface area contributed by atoms with Gasteiger partial charge < -0.3 is 5.32 Å². The van der Waals surface area contributed by atoms with Gasteiger partial charge in [0.25, 0.3) is 0 Å². The van der Waals surface area contributed by atoms with Crippen LogP contribution in [0, 0.1) is 19.7 Å². The van der Waals surface area contributed by atoms with Crippen LogP contribution in [0.5, 0.6) is 0 Å². The van der Waals surface area contributed by atoms with E-state index in [1.165, 1.54) is 11.6 Å². The normalized spacial score (nSPS) is 12.3. The first-order chi connectivity index (χ1) is 9.38. The maximum atomic E-state index is 13.9. The standard InChI is InChI=1S/C16H16Br2FN/c1-9-6-10(2)16(14(18)7-9)20-11(3)13-8-12(17)4-5-15(13)19/h4-8,11,20H,1-3H3. The van der Waals surface area contributed by atoms with Crippen LogP contribution < -0.4 is 5.32 Å². The molecule has 0 amide bonds. The van der Waals surface area contributed by atoms with Crippen LogP contribution in [0.2, 0.25) is 0 Å². The summed E-state index contributed by atoms with van der Waals surface area (Å²) in [7, 11) is 0. The highest BCUT2D eigenvalue weighted by atomic mass is 79.9. The van der Waals surface area contributed by atoms with E-state index in [2.05, 4.69) is 56.2 Å². The molecule has 0 heterocycles.